The smallest absolute Gasteiger partial charge is 0.223 e. The number of aromatic amines is 1. The van der Waals surface area contributed by atoms with E-state index in [1.165, 1.54) is 6.33 Å². The SMILES string of the molecule is CN(Cc1ncn[nH]1)C(=O)CCc1cccc(Br)c1. The summed E-state index contributed by atoms with van der Waals surface area (Å²) >= 11 is 3.42. The van der Waals surface area contributed by atoms with Crippen molar-refractivity contribution in [1.82, 2.24) is 20.1 Å². The van der Waals surface area contributed by atoms with Crippen LogP contribution in [0.4, 0.5) is 0 Å². The molecule has 0 bridgehead atoms. The number of carbonyl (C=O) groups is 1. The molecule has 2 aromatic rings. The number of aryl methyl sites for hydroxylation is 1. The van der Waals surface area contributed by atoms with Gasteiger partial charge < -0.3 is 4.90 Å². The Morgan fingerprint density at radius 3 is 3.00 bits per heavy atom. The Bertz CT molecular complexity index is 541. The third-order valence-corrected chi connectivity index (χ3v) is 3.29. The molecular formula is C13H15BrN4O. The number of nitrogens with zero attached hydrogens (tertiary/aromatic N) is 3. The van der Waals surface area contributed by atoms with E-state index >= 15 is 0 Å². The molecule has 0 aliphatic carbocycles. The predicted octanol–water partition coefficient (Wildman–Crippen LogP) is 2.16. The fourth-order valence-electron chi connectivity index (χ4n) is 1.75. The van der Waals surface area contributed by atoms with E-state index in [4.69, 9.17) is 0 Å². The molecule has 0 radical (unpaired) electrons. The molecule has 1 heterocycles. The van der Waals surface area contributed by atoms with Crippen molar-refractivity contribution in [1.29, 1.82) is 0 Å². The van der Waals surface area contributed by atoms with Crippen molar-refractivity contribution in [3.63, 3.8) is 0 Å². The van der Waals surface area contributed by atoms with Crippen molar-refractivity contribution in [2.45, 2.75) is 19.4 Å². The fraction of sp³-hybridized carbons (Fsp3) is 0.308. The number of benzene rings is 1. The van der Waals surface area contributed by atoms with Gasteiger partial charge in [0, 0.05) is 17.9 Å². The van der Waals surface area contributed by atoms with Crippen LogP contribution in [0.2, 0.25) is 0 Å². The first-order valence-corrected chi connectivity index (χ1v) is 6.77. The van der Waals surface area contributed by atoms with Gasteiger partial charge >= 0.3 is 0 Å². The second-order valence-electron chi connectivity index (χ2n) is 4.31. The zero-order valence-electron chi connectivity index (χ0n) is 10.6. The average Bonchev–Trinajstić information content (AvgIpc) is 2.89. The lowest BCUT2D eigenvalue weighted by molar-refractivity contribution is -0.130. The highest BCUT2D eigenvalue weighted by molar-refractivity contribution is 9.10. The van der Waals surface area contributed by atoms with Crippen LogP contribution in [0.5, 0.6) is 0 Å². The van der Waals surface area contributed by atoms with E-state index in [1.54, 1.807) is 11.9 Å². The summed E-state index contributed by atoms with van der Waals surface area (Å²) in [6.07, 6.45) is 2.66. The van der Waals surface area contributed by atoms with Gasteiger partial charge in [0.05, 0.1) is 6.54 Å². The molecule has 0 atom stereocenters. The molecule has 0 saturated heterocycles. The van der Waals surface area contributed by atoms with Gasteiger partial charge in [-0.25, -0.2) is 4.98 Å². The van der Waals surface area contributed by atoms with Gasteiger partial charge in [0.2, 0.25) is 5.91 Å². The maximum Gasteiger partial charge on any atom is 0.223 e. The minimum atomic E-state index is 0.0939. The van der Waals surface area contributed by atoms with E-state index in [0.717, 1.165) is 16.5 Å². The number of nitrogens with one attached hydrogen (secondary N) is 1. The number of hydrogen-bond donors (Lipinski definition) is 1. The minimum Gasteiger partial charge on any atom is -0.338 e. The number of carbonyl (C=O) groups excluding carboxylic acids is 1. The van der Waals surface area contributed by atoms with Gasteiger partial charge in [-0.3, -0.25) is 9.89 Å². The summed E-state index contributed by atoms with van der Waals surface area (Å²) in [5.74, 6) is 0.787. The average molecular weight is 323 g/mol. The maximum atomic E-state index is 12.0. The molecule has 0 aliphatic rings. The van der Waals surface area contributed by atoms with Crippen LogP contribution < -0.4 is 0 Å². The number of rotatable bonds is 5. The first-order valence-electron chi connectivity index (χ1n) is 5.98. The fourth-order valence-corrected chi connectivity index (χ4v) is 2.20. The van der Waals surface area contributed by atoms with E-state index in [0.29, 0.717) is 18.8 Å². The Morgan fingerprint density at radius 1 is 1.47 bits per heavy atom. The van der Waals surface area contributed by atoms with Gasteiger partial charge in [-0.15, -0.1) is 0 Å². The van der Waals surface area contributed by atoms with Crippen molar-refractivity contribution in [3.8, 4) is 0 Å². The monoisotopic (exact) mass is 322 g/mol. The molecule has 5 nitrogen and oxygen atoms in total. The zero-order valence-corrected chi connectivity index (χ0v) is 12.2. The third kappa shape index (κ3) is 4.17. The van der Waals surface area contributed by atoms with Gasteiger partial charge in [0.25, 0.3) is 0 Å². The highest BCUT2D eigenvalue weighted by Crippen LogP contribution is 2.13. The van der Waals surface area contributed by atoms with Crippen LogP contribution >= 0.6 is 15.9 Å². The number of aromatic nitrogens is 3. The standard InChI is InChI=1S/C13H15BrN4O/c1-18(8-12-15-9-16-17-12)13(19)6-5-10-3-2-4-11(14)7-10/h2-4,7,9H,5-6,8H2,1H3,(H,15,16,17). The minimum absolute atomic E-state index is 0.0939. The van der Waals surface area contributed by atoms with E-state index < -0.39 is 0 Å². The van der Waals surface area contributed by atoms with Gasteiger partial charge in [0.15, 0.2) is 0 Å². The van der Waals surface area contributed by atoms with E-state index in [-0.39, 0.29) is 5.91 Å². The van der Waals surface area contributed by atoms with Crippen LogP contribution in [-0.2, 0) is 17.8 Å². The number of hydrogen-bond acceptors (Lipinski definition) is 3. The summed E-state index contributed by atoms with van der Waals surface area (Å²) in [6.45, 7) is 0.456. The van der Waals surface area contributed by atoms with Crippen molar-refractivity contribution < 1.29 is 4.79 Å². The van der Waals surface area contributed by atoms with Crippen LogP contribution in [0.25, 0.3) is 0 Å². The molecule has 0 saturated carbocycles. The molecule has 1 aromatic heterocycles. The van der Waals surface area contributed by atoms with Crippen molar-refractivity contribution in [3.05, 3.63) is 46.5 Å². The summed E-state index contributed by atoms with van der Waals surface area (Å²) in [4.78, 5) is 17.6. The second-order valence-corrected chi connectivity index (χ2v) is 5.23. The molecular weight excluding hydrogens is 308 g/mol. The molecule has 0 unspecified atom stereocenters. The Hall–Kier alpha value is -1.69. The molecule has 1 aromatic carbocycles. The summed E-state index contributed by atoms with van der Waals surface area (Å²) in [7, 11) is 1.77. The Balaban J connectivity index is 1.84. The normalized spacial score (nSPS) is 10.4. The molecule has 0 spiro atoms. The molecule has 0 fully saturated rings. The number of amides is 1. The number of H-pyrrole nitrogens is 1. The van der Waals surface area contributed by atoms with Crippen LogP contribution in [-0.4, -0.2) is 33.0 Å². The second kappa shape index (κ2) is 6.47. The lowest BCUT2D eigenvalue weighted by Crippen LogP contribution is -2.26. The van der Waals surface area contributed by atoms with E-state index in [9.17, 15) is 4.79 Å². The Morgan fingerprint density at radius 2 is 2.32 bits per heavy atom. The van der Waals surface area contributed by atoms with Crippen molar-refractivity contribution in [2.24, 2.45) is 0 Å². The zero-order chi connectivity index (χ0) is 13.7. The maximum absolute atomic E-state index is 12.0. The summed E-state index contributed by atoms with van der Waals surface area (Å²) in [5.41, 5.74) is 1.15. The van der Waals surface area contributed by atoms with Gasteiger partial charge in [-0.05, 0) is 24.1 Å². The Kier molecular flexibility index (Phi) is 4.68. The van der Waals surface area contributed by atoms with Crippen LogP contribution in [0.1, 0.15) is 17.8 Å². The molecule has 1 amide bonds. The number of halogens is 1. The highest BCUT2D eigenvalue weighted by atomic mass is 79.9. The first kappa shape index (κ1) is 13.7. The van der Waals surface area contributed by atoms with Crippen molar-refractivity contribution in [2.75, 3.05) is 7.05 Å². The largest absolute Gasteiger partial charge is 0.338 e. The summed E-state index contributed by atoms with van der Waals surface area (Å²) < 4.78 is 1.03. The van der Waals surface area contributed by atoms with E-state index in [1.807, 2.05) is 24.3 Å². The van der Waals surface area contributed by atoms with E-state index in [2.05, 4.69) is 31.1 Å². The first-order chi connectivity index (χ1) is 9.15. The van der Waals surface area contributed by atoms with Crippen LogP contribution in [0.3, 0.4) is 0 Å². The third-order valence-electron chi connectivity index (χ3n) is 2.79. The molecule has 100 valence electrons. The van der Waals surface area contributed by atoms with Crippen molar-refractivity contribution >= 4 is 21.8 Å². The highest BCUT2D eigenvalue weighted by Gasteiger charge is 2.10. The lowest BCUT2D eigenvalue weighted by Gasteiger charge is -2.15. The molecule has 2 rings (SSSR count). The predicted molar refractivity (Wildman–Crippen MR) is 75.3 cm³/mol. The molecule has 0 aliphatic heterocycles. The van der Waals surface area contributed by atoms with Crippen LogP contribution in [0.15, 0.2) is 35.1 Å². The topological polar surface area (TPSA) is 61.9 Å². The summed E-state index contributed by atoms with van der Waals surface area (Å²) in [6, 6.07) is 8.00. The quantitative estimate of drug-likeness (QED) is 0.917. The van der Waals surface area contributed by atoms with Gasteiger partial charge in [-0.2, -0.15) is 5.10 Å². The molecule has 1 N–H and O–H groups in total. The van der Waals surface area contributed by atoms with Gasteiger partial charge in [0.1, 0.15) is 12.2 Å². The van der Waals surface area contributed by atoms with Gasteiger partial charge in [-0.1, -0.05) is 28.1 Å². The van der Waals surface area contributed by atoms with Crippen LogP contribution in [0, 0.1) is 0 Å². The Labute approximate surface area is 120 Å². The lowest BCUT2D eigenvalue weighted by atomic mass is 10.1. The molecule has 6 heteroatoms. The summed E-state index contributed by atoms with van der Waals surface area (Å²) in [5, 5.41) is 6.50. The molecule has 19 heavy (non-hydrogen) atoms.